The quantitative estimate of drug-likeness (QED) is 0.742. The van der Waals surface area contributed by atoms with E-state index >= 15 is 0 Å². The fourth-order valence-corrected chi connectivity index (χ4v) is 1.85. The third-order valence-electron chi connectivity index (χ3n) is 2.40. The molecule has 0 aromatic heterocycles. The molecule has 1 aliphatic heterocycles. The molecule has 0 unspecified atom stereocenters. The maximum absolute atomic E-state index is 11.0. The molecule has 2 heteroatoms. The first-order valence-corrected chi connectivity index (χ1v) is 4.61. The average molecular weight is 175 g/mol. The molecule has 2 rings (SSSR count). The fourth-order valence-electron chi connectivity index (χ4n) is 1.85. The second-order valence-corrected chi connectivity index (χ2v) is 3.50. The largest absolute Gasteiger partial charge is 0.384 e. The van der Waals surface area contributed by atoms with Crippen LogP contribution in [0.15, 0.2) is 18.2 Å². The summed E-state index contributed by atoms with van der Waals surface area (Å²) in [5.74, 6) is 0.236. The first-order valence-electron chi connectivity index (χ1n) is 4.61. The van der Waals surface area contributed by atoms with E-state index in [1.807, 2.05) is 12.1 Å². The van der Waals surface area contributed by atoms with Gasteiger partial charge in [-0.25, -0.2) is 0 Å². The number of hydrogen-bond donors (Lipinski definition) is 1. The monoisotopic (exact) mass is 175 g/mol. The van der Waals surface area contributed by atoms with Crippen LogP contribution in [0, 0.1) is 0 Å². The van der Waals surface area contributed by atoms with Crippen LogP contribution in [0.2, 0.25) is 0 Å². The summed E-state index contributed by atoms with van der Waals surface area (Å²) in [5, 5.41) is 3.30. The maximum atomic E-state index is 11.0. The number of Topliss-reactive ketones (excluding diaryl/α,β-unsaturated/α-hetero) is 1. The summed E-state index contributed by atoms with van der Waals surface area (Å²) in [5.41, 5.74) is 3.73. The van der Waals surface area contributed by atoms with Crippen LogP contribution in [-0.2, 0) is 17.6 Å². The van der Waals surface area contributed by atoms with E-state index in [0.717, 1.165) is 13.0 Å². The first kappa shape index (κ1) is 8.30. The summed E-state index contributed by atoms with van der Waals surface area (Å²) in [7, 11) is 0. The van der Waals surface area contributed by atoms with Crippen molar-refractivity contribution in [3.8, 4) is 0 Å². The first-order chi connectivity index (χ1) is 6.27. The van der Waals surface area contributed by atoms with Gasteiger partial charge in [0.2, 0.25) is 0 Å². The number of carbonyl (C=O) groups is 1. The molecule has 0 spiro atoms. The SMILES string of the molecule is CC(=O)Cc1cccc2c1CCN2. The van der Waals surface area contributed by atoms with E-state index in [4.69, 9.17) is 0 Å². The summed E-state index contributed by atoms with van der Waals surface area (Å²) in [6.07, 6.45) is 1.63. The molecule has 0 aliphatic carbocycles. The molecular weight excluding hydrogens is 162 g/mol. The number of fused-ring (bicyclic) bond motifs is 1. The van der Waals surface area contributed by atoms with Gasteiger partial charge in [-0.2, -0.15) is 0 Å². The van der Waals surface area contributed by atoms with Crippen LogP contribution in [0.1, 0.15) is 18.1 Å². The number of ketones is 1. The standard InChI is InChI=1S/C11H13NO/c1-8(13)7-9-3-2-4-11-10(9)5-6-12-11/h2-4,12H,5-7H2,1H3. The zero-order valence-corrected chi connectivity index (χ0v) is 7.76. The van der Waals surface area contributed by atoms with Crippen molar-refractivity contribution in [2.24, 2.45) is 0 Å². The number of nitrogens with one attached hydrogen (secondary N) is 1. The lowest BCUT2D eigenvalue weighted by atomic mass is 10.0. The molecule has 1 N–H and O–H groups in total. The van der Waals surface area contributed by atoms with Gasteiger partial charge in [0.1, 0.15) is 5.78 Å². The Morgan fingerprint density at radius 1 is 1.54 bits per heavy atom. The summed E-state index contributed by atoms with van der Waals surface area (Å²) < 4.78 is 0. The summed E-state index contributed by atoms with van der Waals surface area (Å²) in [4.78, 5) is 11.0. The summed E-state index contributed by atoms with van der Waals surface area (Å²) in [6.45, 7) is 2.64. The Bertz CT molecular complexity index is 344. The van der Waals surface area contributed by atoms with E-state index in [2.05, 4.69) is 11.4 Å². The van der Waals surface area contributed by atoms with Crippen molar-refractivity contribution in [2.45, 2.75) is 19.8 Å². The molecule has 0 fully saturated rings. The van der Waals surface area contributed by atoms with Gasteiger partial charge < -0.3 is 5.32 Å². The van der Waals surface area contributed by atoms with Gasteiger partial charge >= 0.3 is 0 Å². The van der Waals surface area contributed by atoms with E-state index in [9.17, 15) is 4.79 Å². The topological polar surface area (TPSA) is 29.1 Å². The molecule has 0 bridgehead atoms. The van der Waals surface area contributed by atoms with Crippen molar-refractivity contribution < 1.29 is 4.79 Å². The minimum Gasteiger partial charge on any atom is -0.384 e. The number of rotatable bonds is 2. The van der Waals surface area contributed by atoms with Gasteiger partial charge in [-0.1, -0.05) is 12.1 Å². The van der Waals surface area contributed by atoms with Crippen molar-refractivity contribution >= 4 is 11.5 Å². The lowest BCUT2D eigenvalue weighted by Crippen LogP contribution is -1.99. The highest BCUT2D eigenvalue weighted by atomic mass is 16.1. The van der Waals surface area contributed by atoms with E-state index in [1.54, 1.807) is 6.92 Å². The normalized spacial score (nSPS) is 13.6. The Labute approximate surface area is 78.0 Å². The Morgan fingerprint density at radius 2 is 2.38 bits per heavy atom. The Balaban J connectivity index is 2.36. The van der Waals surface area contributed by atoms with Crippen LogP contribution < -0.4 is 5.32 Å². The van der Waals surface area contributed by atoms with E-state index in [0.29, 0.717) is 6.42 Å². The molecule has 0 atom stereocenters. The molecule has 1 aliphatic rings. The molecule has 13 heavy (non-hydrogen) atoms. The van der Waals surface area contributed by atoms with Crippen LogP contribution in [-0.4, -0.2) is 12.3 Å². The molecule has 0 saturated carbocycles. The number of carbonyl (C=O) groups excluding carboxylic acids is 1. The molecule has 68 valence electrons. The van der Waals surface area contributed by atoms with Gasteiger partial charge in [0.25, 0.3) is 0 Å². The van der Waals surface area contributed by atoms with Crippen LogP contribution >= 0.6 is 0 Å². The maximum Gasteiger partial charge on any atom is 0.134 e. The molecule has 1 aromatic rings. The minimum atomic E-state index is 0.236. The Kier molecular flexibility index (Phi) is 2.05. The zero-order valence-electron chi connectivity index (χ0n) is 7.76. The zero-order chi connectivity index (χ0) is 9.26. The molecule has 2 nitrogen and oxygen atoms in total. The number of anilines is 1. The van der Waals surface area contributed by atoms with Gasteiger partial charge in [0, 0.05) is 18.7 Å². The van der Waals surface area contributed by atoms with Crippen molar-refractivity contribution in [1.29, 1.82) is 0 Å². The van der Waals surface area contributed by atoms with Crippen molar-refractivity contribution in [2.75, 3.05) is 11.9 Å². The van der Waals surface area contributed by atoms with Crippen LogP contribution in [0.25, 0.3) is 0 Å². The number of hydrogen-bond acceptors (Lipinski definition) is 2. The van der Waals surface area contributed by atoms with Crippen molar-refractivity contribution in [1.82, 2.24) is 0 Å². The van der Waals surface area contributed by atoms with E-state index in [-0.39, 0.29) is 5.78 Å². The molecule has 0 radical (unpaired) electrons. The average Bonchev–Trinajstić information content (AvgIpc) is 2.51. The van der Waals surface area contributed by atoms with E-state index < -0.39 is 0 Å². The lowest BCUT2D eigenvalue weighted by Gasteiger charge is -2.05. The lowest BCUT2D eigenvalue weighted by molar-refractivity contribution is -0.116. The van der Waals surface area contributed by atoms with Crippen LogP contribution in [0.5, 0.6) is 0 Å². The second kappa shape index (κ2) is 3.21. The predicted molar refractivity (Wildman–Crippen MR) is 53.0 cm³/mol. The molecule has 0 amide bonds. The molecule has 0 saturated heterocycles. The van der Waals surface area contributed by atoms with Gasteiger partial charge in [-0.3, -0.25) is 4.79 Å². The van der Waals surface area contributed by atoms with Gasteiger partial charge in [-0.05, 0) is 30.5 Å². The second-order valence-electron chi connectivity index (χ2n) is 3.50. The van der Waals surface area contributed by atoms with Gasteiger partial charge in [0.05, 0.1) is 0 Å². The minimum absolute atomic E-state index is 0.236. The summed E-state index contributed by atoms with van der Waals surface area (Å²) in [6, 6.07) is 6.13. The Hall–Kier alpha value is -1.31. The van der Waals surface area contributed by atoms with Crippen molar-refractivity contribution in [3.05, 3.63) is 29.3 Å². The highest BCUT2D eigenvalue weighted by Gasteiger charge is 2.13. The Morgan fingerprint density at radius 3 is 3.15 bits per heavy atom. The summed E-state index contributed by atoms with van der Waals surface area (Å²) >= 11 is 0. The fraction of sp³-hybridized carbons (Fsp3) is 0.364. The van der Waals surface area contributed by atoms with Crippen LogP contribution in [0.4, 0.5) is 5.69 Å². The number of benzene rings is 1. The highest BCUT2D eigenvalue weighted by Crippen LogP contribution is 2.25. The molecular formula is C11H13NO. The highest BCUT2D eigenvalue weighted by molar-refractivity contribution is 5.79. The third-order valence-corrected chi connectivity index (χ3v) is 2.40. The predicted octanol–water partition coefficient (Wildman–Crippen LogP) is 1.79. The van der Waals surface area contributed by atoms with E-state index in [1.165, 1.54) is 16.8 Å². The van der Waals surface area contributed by atoms with Gasteiger partial charge in [0.15, 0.2) is 0 Å². The smallest absolute Gasteiger partial charge is 0.134 e. The van der Waals surface area contributed by atoms with Gasteiger partial charge in [-0.15, -0.1) is 0 Å². The van der Waals surface area contributed by atoms with Crippen LogP contribution in [0.3, 0.4) is 0 Å². The molecule has 1 heterocycles. The molecule has 1 aromatic carbocycles. The van der Waals surface area contributed by atoms with Crippen molar-refractivity contribution in [3.63, 3.8) is 0 Å². The third kappa shape index (κ3) is 1.57.